The van der Waals surface area contributed by atoms with Crippen LogP contribution in [0.4, 0.5) is 0 Å². The summed E-state index contributed by atoms with van der Waals surface area (Å²) < 4.78 is 10.4. The topological polar surface area (TPSA) is 35.5 Å². The largest absolute Gasteiger partial charge is 0.436 e. The number of ether oxygens (including phenoxy) is 2. The molecule has 12 heavy (non-hydrogen) atoms. The van der Waals surface area contributed by atoms with Crippen LogP contribution in [-0.2, 0) is 14.3 Å². The highest BCUT2D eigenvalue weighted by molar-refractivity contribution is 5.69. The first-order valence-electron chi connectivity index (χ1n) is 4.64. The quantitative estimate of drug-likeness (QED) is 0.609. The van der Waals surface area contributed by atoms with Gasteiger partial charge in [-0.05, 0) is 19.3 Å². The minimum Gasteiger partial charge on any atom is -0.436 e. The fourth-order valence-electron chi connectivity index (χ4n) is 1.21. The first kappa shape index (κ1) is 9.52. The molecule has 1 heterocycles. The Balaban J connectivity index is 2.26. The third-order valence-electron chi connectivity index (χ3n) is 1.84. The normalized spacial score (nSPS) is 24.8. The summed E-state index contributed by atoms with van der Waals surface area (Å²) in [4.78, 5) is 11.0. The number of carbonyl (C=O) groups excluding carboxylic acids is 1. The average molecular weight is 172 g/mol. The van der Waals surface area contributed by atoms with Crippen molar-refractivity contribution in [1.29, 1.82) is 0 Å². The average Bonchev–Trinajstić information content (AvgIpc) is 2.26. The molecule has 1 unspecified atom stereocenters. The standard InChI is InChI=1S/C9H16O3/c1-2-7-11-9-6-4-3-5-8(10)12-9/h9H,2-7H2,1H3. The molecular weight excluding hydrogens is 156 g/mol. The van der Waals surface area contributed by atoms with Gasteiger partial charge in [-0.15, -0.1) is 0 Å². The second kappa shape index (κ2) is 5.14. The SMILES string of the molecule is CCCOC1CCCCC(=O)O1. The van der Waals surface area contributed by atoms with Crippen LogP contribution < -0.4 is 0 Å². The van der Waals surface area contributed by atoms with E-state index >= 15 is 0 Å². The van der Waals surface area contributed by atoms with Crippen LogP contribution in [0.25, 0.3) is 0 Å². The molecule has 0 spiro atoms. The van der Waals surface area contributed by atoms with Crippen molar-refractivity contribution in [3.05, 3.63) is 0 Å². The van der Waals surface area contributed by atoms with Crippen LogP contribution >= 0.6 is 0 Å². The van der Waals surface area contributed by atoms with Gasteiger partial charge in [-0.25, -0.2) is 0 Å². The molecule has 1 rings (SSSR count). The maximum absolute atomic E-state index is 11.0. The molecule has 0 N–H and O–H groups in total. The molecule has 1 atom stereocenters. The van der Waals surface area contributed by atoms with Crippen molar-refractivity contribution >= 4 is 5.97 Å². The van der Waals surface area contributed by atoms with E-state index in [2.05, 4.69) is 0 Å². The molecule has 3 nitrogen and oxygen atoms in total. The summed E-state index contributed by atoms with van der Waals surface area (Å²) in [5.74, 6) is -0.117. The maximum Gasteiger partial charge on any atom is 0.308 e. The first-order valence-corrected chi connectivity index (χ1v) is 4.64. The molecule has 0 bridgehead atoms. The van der Waals surface area contributed by atoms with Gasteiger partial charge in [0, 0.05) is 12.8 Å². The van der Waals surface area contributed by atoms with Crippen LogP contribution in [0.1, 0.15) is 39.0 Å². The lowest BCUT2D eigenvalue weighted by Crippen LogP contribution is -2.19. The summed E-state index contributed by atoms with van der Waals surface area (Å²) in [5.41, 5.74) is 0. The molecule has 0 aromatic carbocycles. The summed E-state index contributed by atoms with van der Waals surface area (Å²) in [6.07, 6.45) is 4.05. The summed E-state index contributed by atoms with van der Waals surface area (Å²) >= 11 is 0. The van der Waals surface area contributed by atoms with E-state index in [1.54, 1.807) is 0 Å². The Morgan fingerprint density at radius 1 is 1.58 bits per heavy atom. The summed E-state index contributed by atoms with van der Waals surface area (Å²) in [5, 5.41) is 0. The van der Waals surface area contributed by atoms with Gasteiger partial charge in [0.25, 0.3) is 0 Å². The Bertz CT molecular complexity index is 145. The number of carbonyl (C=O) groups is 1. The highest BCUT2D eigenvalue weighted by atomic mass is 16.7. The molecule has 1 saturated heterocycles. The Kier molecular flexibility index (Phi) is 4.08. The van der Waals surface area contributed by atoms with Gasteiger partial charge in [0.15, 0.2) is 0 Å². The Hall–Kier alpha value is -0.570. The number of cyclic esters (lactones) is 1. The Morgan fingerprint density at radius 2 is 2.42 bits per heavy atom. The van der Waals surface area contributed by atoms with Crippen molar-refractivity contribution in [2.45, 2.75) is 45.3 Å². The molecule has 0 aliphatic carbocycles. The Labute approximate surface area is 73.0 Å². The lowest BCUT2D eigenvalue weighted by atomic mass is 10.2. The van der Waals surface area contributed by atoms with E-state index in [-0.39, 0.29) is 12.3 Å². The van der Waals surface area contributed by atoms with Crippen LogP contribution in [0, 0.1) is 0 Å². The minimum atomic E-state index is -0.278. The Morgan fingerprint density at radius 3 is 3.17 bits per heavy atom. The number of rotatable bonds is 3. The molecule has 1 fully saturated rings. The first-order chi connectivity index (χ1) is 5.83. The monoisotopic (exact) mass is 172 g/mol. The number of hydrogen-bond donors (Lipinski definition) is 0. The van der Waals surface area contributed by atoms with Gasteiger partial charge < -0.3 is 9.47 Å². The summed E-state index contributed by atoms with van der Waals surface area (Å²) in [6, 6.07) is 0. The van der Waals surface area contributed by atoms with Crippen molar-refractivity contribution in [1.82, 2.24) is 0 Å². The molecule has 0 aromatic heterocycles. The van der Waals surface area contributed by atoms with Crippen LogP contribution in [0.5, 0.6) is 0 Å². The molecular formula is C9H16O3. The smallest absolute Gasteiger partial charge is 0.308 e. The van der Waals surface area contributed by atoms with Gasteiger partial charge in [-0.2, -0.15) is 0 Å². The second-order valence-electron chi connectivity index (χ2n) is 3.04. The molecule has 1 aliphatic heterocycles. The van der Waals surface area contributed by atoms with Crippen LogP contribution in [0.2, 0.25) is 0 Å². The zero-order valence-corrected chi connectivity index (χ0v) is 7.54. The molecule has 1 aliphatic rings. The van der Waals surface area contributed by atoms with E-state index in [4.69, 9.17) is 9.47 Å². The van der Waals surface area contributed by atoms with Crippen molar-refractivity contribution < 1.29 is 14.3 Å². The number of hydrogen-bond acceptors (Lipinski definition) is 3. The zero-order chi connectivity index (χ0) is 8.81. The molecule has 0 radical (unpaired) electrons. The summed E-state index contributed by atoms with van der Waals surface area (Å²) in [7, 11) is 0. The van der Waals surface area contributed by atoms with E-state index in [0.29, 0.717) is 13.0 Å². The third-order valence-corrected chi connectivity index (χ3v) is 1.84. The maximum atomic E-state index is 11.0. The van der Waals surface area contributed by atoms with Gasteiger partial charge in [0.1, 0.15) is 0 Å². The van der Waals surface area contributed by atoms with Crippen LogP contribution in [0.15, 0.2) is 0 Å². The van der Waals surface area contributed by atoms with E-state index in [0.717, 1.165) is 25.7 Å². The lowest BCUT2D eigenvalue weighted by molar-refractivity contribution is -0.177. The van der Waals surface area contributed by atoms with E-state index < -0.39 is 0 Å². The summed E-state index contributed by atoms with van der Waals surface area (Å²) in [6.45, 7) is 2.72. The third kappa shape index (κ3) is 3.22. The van der Waals surface area contributed by atoms with Gasteiger partial charge in [-0.3, -0.25) is 4.79 Å². The molecule has 0 amide bonds. The highest BCUT2D eigenvalue weighted by Crippen LogP contribution is 2.14. The van der Waals surface area contributed by atoms with Crippen LogP contribution in [0.3, 0.4) is 0 Å². The minimum absolute atomic E-state index is 0.117. The zero-order valence-electron chi connectivity index (χ0n) is 7.54. The van der Waals surface area contributed by atoms with Gasteiger partial charge in [-0.1, -0.05) is 6.92 Å². The predicted molar refractivity (Wildman–Crippen MR) is 44.6 cm³/mol. The van der Waals surface area contributed by atoms with Crippen LogP contribution in [-0.4, -0.2) is 18.9 Å². The van der Waals surface area contributed by atoms with E-state index in [1.807, 2.05) is 6.92 Å². The fourth-order valence-corrected chi connectivity index (χ4v) is 1.21. The molecule has 0 saturated carbocycles. The van der Waals surface area contributed by atoms with E-state index in [9.17, 15) is 4.79 Å². The van der Waals surface area contributed by atoms with Crippen molar-refractivity contribution in [2.24, 2.45) is 0 Å². The molecule has 0 aromatic rings. The second-order valence-corrected chi connectivity index (χ2v) is 3.04. The fraction of sp³-hybridized carbons (Fsp3) is 0.889. The number of esters is 1. The highest BCUT2D eigenvalue weighted by Gasteiger charge is 2.17. The van der Waals surface area contributed by atoms with Gasteiger partial charge in [0.05, 0.1) is 6.61 Å². The van der Waals surface area contributed by atoms with E-state index in [1.165, 1.54) is 0 Å². The lowest BCUT2D eigenvalue weighted by Gasteiger charge is -2.14. The molecule has 70 valence electrons. The van der Waals surface area contributed by atoms with Gasteiger partial charge >= 0.3 is 5.97 Å². The molecule has 3 heteroatoms. The predicted octanol–water partition coefficient (Wildman–Crippen LogP) is 1.86. The van der Waals surface area contributed by atoms with Crippen molar-refractivity contribution in [3.63, 3.8) is 0 Å². The van der Waals surface area contributed by atoms with Crippen molar-refractivity contribution in [3.8, 4) is 0 Å². The van der Waals surface area contributed by atoms with Gasteiger partial charge in [0.2, 0.25) is 6.29 Å². The van der Waals surface area contributed by atoms with Crippen molar-refractivity contribution in [2.75, 3.05) is 6.61 Å².